The van der Waals surface area contributed by atoms with Gasteiger partial charge < -0.3 is 14.7 Å². The second-order valence-electron chi connectivity index (χ2n) is 3.96. The standard InChI is InChI=1S/C13H17NO4/c1-14(8-4-7-12(16)18-2)13(17)10-5-3-6-11(15)9-10/h3,5-6,9,15H,4,7-8H2,1-2H3. The lowest BCUT2D eigenvalue weighted by molar-refractivity contribution is -0.140. The number of esters is 1. The number of phenolic OH excluding ortho intramolecular Hbond substituents is 1. The number of hydrogen-bond donors (Lipinski definition) is 1. The molecule has 0 bridgehead atoms. The van der Waals surface area contributed by atoms with Crippen molar-refractivity contribution in [2.45, 2.75) is 12.8 Å². The van der Waals surface area contributed by atoms with Crippen LogP contribution in [0.3, 0.4) is 0 Å². The van der Waals surface area contributed by atoms with Gasteiger partial charge >= 0.3 is 5.97 Å². The first-order chi connectivity index (χ1) is 8.54. The summed E-state index contributed by atoms with van der Waals surface area (Å²) in [6.45, 7) is 0.462. The van der Waals surface area contributed by atoms with E-state index in [1.165, 1.54) is 24.1 Å². The zero-order valence-corrected chi connectivity index (χ0v) is 10.5. The number of rotatable bonds is 5. The average molecular weight is 251 g/mol. The van der Waals surface area contributed by atoms with E-state index in [4.69, 9.17) is 0 Å². The highest BCUT2D eigenvalue weighted by Gasteiger charge is 2.12. The maximum atomic E-state index is 11.9. The Labute approximate surface area is 106 Å². The monoisotopic (exact) mass is 251 g/mol. The number of carbonyl (C=O) groups excluding carboxylic acids is 2. The van der Waals surface area contributed by atoms with Crippen LogP contribution < -0.4 is 0 Å². The molecular weight excluding hydrogens is 234 g/mol. The normalized spacial score (nSPS) is 9.89. The molecule has 0 saturated heterocycles. The third kappa shape index (κ3) is 4.08. The lowest BCUT2D eigenvalue weighted by Gasteiger charge is -2.16. The Kier molecular flexibility index (Phi) is 5.17. The highest BCUT2D eigenvalue weighted by molar-refractivity contribution is 5.94. The predicted molar refractivity (Wildman–Crippen MR) is 66.3 cm³/mol. The third-order valence-electron chi connectivity index (χ3n) is 2.54. The summed E-state index contributed by atoms with van der Waals surface area (Å²) in [5, 5.41) is 9.29. The minimum atomic E-state index is -0.284. The molecule has 98 valence electrons. The second-order valence-corrected chi connectivity index (χ2v) is 3.96. The van der Waals surface area contributed by atoms with Gasteiger partial charge in [0, 0.05) is 25.6 Å². The molecule has 1 aromatic rings. The van der Waals surface area contributed by atoms with Gasteiger partial charge in [-0.25, -0.2) is 0 Å². The van der Waals surface area contributed by atoms with Crippen molar-refractivity contribution in [2.24, 2.45) is 0 Å². The molecule has 18 heavy (non-hydrogen) atoms. The van der Waals surface area contributed by atoms with Gasteiger partial charge in [-0.15, -0.1) is 0 Å². The number of carbonyl (C=O) groups is 2. The van der Waals surface area contributed by atoms with Gasteiger partial charge in [0.25, 0.3) is 5.91 Å². The third-order valence-corrected chi connectivity index (χ3v) is 2.54. The fourth-order valence-corrected chi connectivity index (χ4v) is 1.52. The SMILES string of the molecule is COC(=O)CCCN(C)C(=O)c1cccc(O)c1. The fraction of sp³-hybridized carbons (Fsp3) is 0.385. The summed E-state index contributed by atoms with van der Waals surface area (Å²) in [5.41, 5.74) is 0.426. The molecule has 0 fully saturated rings. The molecular formula is C13H17NO4. The van der Waals surface area contributed by atoms with Crippen molar-refractivity contribution >= 4 is 11.9 Å². The number of hydrogen-bond acceptors (Lipinski definition) is 4. The lowest BCUT2D eigenvalue weighted by Crippen LogP contribution is -2.28. The highest BCUT2D eigenvalue weighted by atomic mass is 16.5. The second kappa shape index (κ2) is 6.64. The molecule has 1 aromatic carbocycles. The van der Waals surface area contributed by atoms with Crippen LogP contribution in [0, 0.1) is 0 Å². The number of aromatic hydroxyl groups is 1. The van der Waals surface area contributed by atoms with Gasteiger partial charge in [-0.3, -0.25) is 9.59 Å². The van der Waals surface area contributed by atoms with Crippen molar-refractivity contribution in [1.82, 2.24) is 4.90 Å². The van der Waals surface area contributed by atoms with Gasteiger partial charge in [-0.2, -0.15) is 0 Å². The summed E-state index contributed by atoms with van der Waals surface area (Å²) < 4.78 is 4.52. The van der Waals surface area contributed by atoms with Crippen LogP contribution in [0.5, 0.6) is 5.75 Å². The van der Waals surface area contributed by atoms with Gasteiger partial charge in [0.1, 0.15) is 5.75 Å². The minimum Gasteiger partial charge on any atom is -0.508 e. The van der Waals surface area contributed by atoms with E-state index in [9.17, 15) is 14.7 Å². The summed E-state index contributed by atoms with van der Waals surface area (Å²) in [4.78, 5) is 24.4. The largest absolute Gasteiger partial charge is 0.508 e. The smallest absolute Gasteiger partial charge is 0.305 e. The van der Waals surface area contributed by atoms with Crippen LogP contribution in [0.4, 0.5) is 0 Å². The number of benzene rings is 1. The molecule has 0 heterocycles. The molecule has 0 atom stereocenters. The molecule has 0 spiro atoms. The molecule has 5 heteroatoms. The van der Waals surface area contributed by atoms with Gasteiger partial charge in [0.2, 0.25) is 0 Å². The van der Waals surface area contributed by atoms with E-state index in [0.717, 1.165) is 0 Å². The van der Waals surface area contributed by atoms with E-state index in [0.29, 0.717) is 18.5 Å². The zero-order valence-electron chi connectivity index (χ0n) is 10.5. The van der Waals surface area contributed by atoms with Crippen molar-refractivity contribution in [3.8, 4) is 5.75 Å². The molecule has 0 radical (unpaired) electrons. The summed E-state index contributed by atoms with van der Waals surface area (Å²) in [5.74, 6) is -0.409. The Morgan fingerprint density at radius 2 is 2.11 bits per heavy atom. The number of methoxy groups -OCH3 is 1. The summed E-state index contributed by atoms with van der Waals surface area (Å²) in [6, 6.07) is 6.18. The summed E-state index contributed by atoms with van der Waals surface area (Å²) >= 11 is 0. The number of phenols is 1. The molecule has 0 aromatic heterocycles. The molecule has 0 unspecified atom stereocenters. The molecule has 0 aliphatic heterocycles. The van der Waals surface area contributed by atoms with Crippen LogP contribution in [-0.2, 0) is 9.53 Å². The Morgan fingerprint density at radius 3 is 2.72 bits per heavy atom. The highest BCUT2D eigenvalue weighted by Crippen LogP contribution is 2.12. The maximum Gasteiger partial charge on any atom is 0.305 e. The van der Waals surface area contributed by atoms with Crippen LogP contribution in [0.2, 0.25) is 0 Å². The molecule has 1 amide bonds. The van der Waals surface area contributed by atoms with Crippen molar-refractivity contribution in [1.29, 1.82) is 0 Å². The minimum absolute atomic E-state index is 0.0591. The first kappa shape index (κ1) is 14.0. The van der Waals surface area contributed by atoms with Crippen LogP contribution in [0.15, 0.2) is 24.3 Å². The van der Waals surface area contributed by atoms with Crippen LogP contribution in [0.1, 0.15) is 23.2 Å². The average Bonchev–Trinajstić information content (AvgIpc) is 2.37. The van der Waals surface area contributed by atoms with E-state index in [2.05, 4.69) is 4.74 Å². The van der Waals surface area contributed by atoms with Crippen LogP contribution >= 0.6 is 0 Å². The molecule has 0 aliphatic carbocycles. The van der Waals surface area contributed by atoms with Gasteiger partial charge in [-0.1, -0.05) is 6.07 Å². The van der Waals surface area contributed by atoms with Gasteiger partial charge in [-0.05, 0) is 24.6 Å². The molecule has 1 rings (SSSR count). The lowest BCUT2D eigenvalue weighted by atomic mass is 10.2. The molecule has 0 saturated carbocycles. The zero-order chi connectivity index (χ0) is 13.5. The van der Waals surface area contributed by atoms with Crippen molar-refractivity contribution in [3.63, 3.8) is 0 Å². The Bertz CT molecular complexity index is 431. The maximum absolute atomic E-state index is 11.9. The van der Waals surface area contributed by atoms with Crippen molar-refractivity contribution in [2.75, 3.05) is 20.7 Å². The van der Waals surface area contributed by atoms with E-state index in [-0.39, 0.29) is 24.0 Å². The fourth-order valence-electron chi connectivity index (χ4n) is 1.52. The molecule has 0 aliphatic rings. The quantitative estimate of drug-likeness (QED) is 0.804. The summed E-state index contributed by atoms with van der Waals surface area (Å²) in [7, 11) is 2.99. The van der Waals surface area contributed by atoms with Crippen molar-refractivity contribution in [3.05, 3.63) is 29.8 Å². The van der Waals surface area contributed by atoms with Gasteiger partial charge in [0.05, 0.1) is 7.11 Å². The summed E-state index contributed by atoms with van der Waals surface area (Å²) in [6.07, 6.45) is 0.835. The van der Waals surface area contributed by atoms with E-state index >= 15 is 0 Å². The van der Waals surface area contributed by atoms with Gasteiger partial charge in [0.15, 0.2) is 0 Å². The molecule has 1 N–H and O–H groups in total. The van der Waals surface area contributed by atoms with Crippen LogP contribution in [0.25, 0.3) is 0 Å². The predicted octanol–water partition coefficient (Wildman–Crippen LogP) is 1.42. The number of ether oxygens (including phenoxy) is 1. The first-order valence-electron chi connectivity index (χ1n) is 5.66. The Morgan fingerprint density at radius 1 is 1.39 bits per heavy atom. The first-order valence-corrected chi connectivity index (χ1v) is 5.66. The van der Waals surface area contributed by atoms with Crippen LogP contribution in [-0.4, -0.2) is 42.6 Å². The molecule has 5 nitrogen and oxygen atoms in total. The number of nitrogens with zero attached hydrogens (tertiary/aromatic N) is 1. The van der Waals surface area contributed by atoms with E-state index < -0.39 is 0 Å². The Hall–Kier alpha value is -2.04. The van der Waals surface area contributed by atoms with E-state index in [1.807, 2.05) is 0 Å². The topological polar surface area (TPSA) is 66.8 Å². The number of amides is 1. The van der Waals surface area contributed by atoms with E-state index in [1.54, 1.807) is 19.2 Å². The van der Waals surface area contributed by atoms with Crippen molar-refractivity contribution < 1.29 is 19.4 Å². The Balaban J connectivity index is 2.49.